The van der Waals surface area contributed by atoms with Gasteiger partial charge in [-0.15, -0.1) is 0 Å². The number of methoxy groups -OCH3 is 1. The number of rotatable bonds is 6. The van der Waals surface area contributed by atoms with E-state index in [0.29, 0.717) is 36.1 Å². The van der Waals surface area contributed by atoms with E-state index in [0.717, 1.165) is 5.56 Å². The van der Waals surface area contributed by atoms with Crippen molar-refractivity contribution in [3.05, 3.63) is 22.7 Å². The van der Waals surface area contributed by atoms with Crippen LogP contribution in [0.5, 0.6) is 5.75 Å². The summed E-state index contributed by atoms with van der Waals surface area (Å²) < 4.78 is 10.6. The number of benzene rings is 1. The molecule has 0 spiro atoms. The van der Waals surface area contributed by atoms with Crippen LogP contribution in [-0.2, 0) is 16.1 Å². The number of nitrogens with one attached hydrogen (secondary N) is 1. The second-order valence-electron chi connectivity index (χ2n) is 3.71. The van der Waals surface area contributed by atoms with E-state index in [4.69, 9.17) is 21.1 Å². The number of hydrogen-bond donors (Lipinski definition) is 1. The van der Waals surface area contributed by atoms with Crippen molar-refractivity contribution < 1.29 is 14.3 Å². The lowest BCUT2D eigenvalue weighted by molar-refractivity contribution is -0.115. The predicted molar refractivity (Wildman–Crippen MR) is 72.3 cm³/mol. The SMILES string of the molecule is CCOc1c(Cl)cc(NC(=O)CC)cc1COC. The largest absolute Gasteiger partial charge is 0.492 e. The molecule has 0 aliphatic carbocycles. The van der Waals surface area contributed by atoms with Gasteiger partial charge in [-0.05, 0) is 19.1 Å². The molecule has 0 aliphatic rings. The molecule has 0 bridgehead atoms. The van der Waals surface area contributed by atoms with Gasteiger partial charge in [-0.25, -0.2) is 0 Å². The molecule has 0 radical (unpaired) electrons. The number of anilines is 1. The van der Waals surface area contributed by atoms with Gasteiger partial charge in [-0.3, -0.25) is 4.79 Å². The smallest absolute Gasteiger partial charge is 0.224 e. The van der Waals surface area contributed by atoms with E-state index in [9.17, 15) is 4.79 Å². The maximum Gasteiger partial charge on any atom is 0.224 e. The minimum atomic E-state index is -0.0569. The molecule has 1 rings (SSSR count). The Morgan fingerprint density at radius 1 is 1.39 bits per heavy atom. The normalized spacial score (nSPS) is 10.2. The highest BCUT2D eigenvalue weighted by molar-refractivity contribution is 6.32. The quantitative estimate of drug-likeness (QED) is 0.864. The van der Waals surface area contributed by atoms with Crippen molar-refractivity contribution in [2.75, 3.05) is 19.0 Å². The van der Waals surface area contributed by atoms with Crippen LogP contribution in [0.4, 0.5) is 5.69 Å². The van der Waals surface area contributed by atoms with Crippen LogP contribution in [0, 0.1) is 0 Å². The maximum atomic E-state index is 11.4. The second kappa shape index (κ2) is 7.24. The van der Waals surface area contributed by atoms with E-state index in [1.54, 1.807) is 20.1 Å². The van der Waals surface area contributed by atoms with Gasteiger partial charge in [-0.1, -0.05) is 18.5 Å². The molecule has 0 aliphatic heterocycles. The molecule has 0 atom stereocenters. The van der Waals surface area contributed by atoms with Crippen molar-refractivity contribution in [2.45, 2.75) is 26.9 Å². The molecular weight excluding hydrogens is 254 g/mol. The van der Waals surface area contributed by atoms with Crippen molar-refractivity contribution in [1.82, 2.24) is 0 Å². The molecule has 4 nitrogen and oxygen atoms in total. The van der Waals surface area contributed by atoms with Crippen LogP contribution in [-0.4, -0.2) is 19.6 Å². The number of amides is 1. The summed E-state index contributed by atoms with van der Waals surface area (Å²) in [5.74, 6) is 0.550. The Morgan fingerprint density at radius 3 is 2.67 bits per heavy atom. The van der Waals surface area contributed by atoms with Crippen molar-refractivity contribution in [3.8, 4) is 5.75 Å². The van der Waals surface area contributed by atoms with E-state index in [2.05, 4.69) is 5.32 Å². The number of carbonyl (C=O) groups is 1. The molecule has 0 unspecified atom stereocenters. The van der Waals surface area contributed by atoms with Crippen molar-refractivity contribution >= 4 is 23.2 Å². The van der Waals surface area contributed by atoms with Gasteiger partial charge in [0.1, 0.15) is 5.75 Å². The minimum Gasteiger partial charge on any atom is -0.492 e. The first-order valence-electron chi connectivity index (χ1n) is 5.86. The van der Waals surface area contributed by atoms with Gasteiger partial charge in [0.15, 0.2) is 0 Å². The highest BCUT2D eigenvalue weighted by Gasteiger charge is 2.12. The molecule has 1 amide bonds. The summed E-state index contributed by atoms with van der Waals surface area (Å²) in [5.41, 5.74) is 1.47. The summed E-state index contributed by atoms with van der Waals surface area (Å²) in [6.07, 6.45) is 0.421. The molecule has 1 aromatic rings. The highest BCUT2D eigenvalue weighted by Crippen LogP contribution is 2.33. The second-order valence-corrected chi connectivity index (χ2v) is 4.12. The van der Waals surface area contributed by atoms with Gasteiger partial charge in [0.05, 0.1) is 18.2 Å². The third-order valence-electron chi connectivity index (χ3n) is 2.31. The molecule has 1 aromatic carbocycles. The lowest BCUT2D eigenvalue weighted by Gasteiger charge is -2.14. The monoisotopic (exact) mass is 271 g/mol. The molecule has 0 saturated carbocycles. The summed E-state index contributed by atoms with van der Waals surface area (Å²) in [6, 6.07) is 3.49. The van der Waals surface area contributed by atoms with Gasteiger partial charge in [-0.2, -0.15) is 0 Å². The zero-order valence-electron chi connectivity index (χ0n) is 10.9. The Labute approximate surface area is 112 Å². The zero-order chi connectivity index (χ0) is 13.5. The fourth-order valence-corrected chi connectivity index (χ4v) is 1.83. The Morgan fingerprint density at radius 2 is 2.11 bits per heavy atom. The zero-order valence-corrected chi connectivity index (χ0v) is 11.6. The molecule has 0 fully saturated rings. The van der Waals surface area contributed by atoms with Gasteiger partial charge >= 0.3 is 0 Å². The molecular formula is C13H18ClNO3. The lowest BCUT2D eigenvalue weighted by Crippen LogP contribution is -2.10. The fraction of sp³-hybridized carbons (Fsp3) is 0.462. The average Bonchev–Trinajstić information content (AvgIpc) is 2.34. The fourth-order valence-electron chi connectivity index (χ4n) is 1.54. The number of ether oxygens (including phenoxy) is 2. The summed E-state index contributed by atoms with van der Waals surface area (Å²) in [4.78, 5) is 11.4. The molecule has 0 aromatic heterocycles. The Bertz CT molecular complexity index is 421. The first-order valence-corrected chi connectivity index (χ1v) is 6.24. The number of hydrogen-bond acceptors (Lipinski definition) is 3. The van der Waals surface area contributed by atoms with E-state index in [1.165, 1.54) is 0 Å². The van der Waals surface area contributed by atoms with E-state index in [1.807, 2.05) is 13.0 Å². The topological polar surface area (TPSA) is 47.6 Å². The average molecular weight is 272 g/mol. The molecule has 0 saturated heterocycles. The Kier molecular flexibility index (Phi) is 5.95. The minimum absolute atomic E-state index is 0.0569. The molecule has 5 heteroatoms. The predicted octanol–water partition coefficient (Wildman–Crippen LogP) is 3.23. The summed E-state index contributed by atoms with van der Waals surface area (Å²) in [7, 11) is 1.60. The third-order valence-corrected chi connectivity index (χ3v) is 2.59. The van der Waals surface area contributed by atoms with Crippen LogP contribution in [0.1, 0.15) is 25.8 Å². The van der Waals surface area contributed by atoms with Crippen molar-refractivity contribution in [3.63, 3.8) is 0 Å². The summed E-state index contributed by atoms with van der Waals surface area (Å²) in [6.45, 7) is 4.59. The first kappa shape index (κ1) is 14.8. The summed E-state index contributed by atoms with van der Waals surface area (Å²) >= 11 is 6.14. The lowest BCUT2D eigenvalue weighted by atomic mass is 10.1. The van der Waals surface area contributed by atoms with Crippen LogP contribution in [0.25, 0.3) is 0 Å². The van der Waals surface area contributed by atoms with Crippen LogP contribution >= 0.6 is 11.6 Å². The molecule has 100 valence electrons. The van der Waals surface area contributed by atoms with Crippen LogP contribution in [0.15, 0.2) is 12.1 Å². The molecule has 1 N–H and O–H groups in total. The van der Waals surface area contributed by atoms with Gasteiger partial charge < -0.3 is 14.8 Å². The van der Waals surface area contributed by atoms with E-state index >= 15 is 0 Å². The van der Waals surface area contributed by atoms with Gasteiger partial charge in [0, 0.05) is 24.8 Å². The van der Waals surface area contributed by atoms with Crippen LogP contribution < -0.4 is 10.1 Å². The van der Waals surface area contributed by atoms with E-state index in [-0.39, 0.29) is 5.91 Å². The van der Waals surface area contributed by atoms with Crippen molar-refractivity contribution in [2.24, 2.45) is 0 Å². The number of halogens is 1. The maximum absolute atomic E-state index is 11.4. The van der Waals surface area contributed by atoms with Crippen LogP contribution in [0.2, 0.25) is 5.02 Å². The van der Waals surface area contributed by atoms with Gasteiger partial charge in [0.25, 0.3) is 0 Å². The van der Waals surface area contributed by atoms with Crippen LogP contribution in [0.3, 0.4) is 0 Å². The summed E-state index contributed by atoms with van der Waals surface area (Å²) in [5, 5.41) is 3.24. The first-order chi connectivity index (χ1) is 8.62. The molecule has 18 heavy (non-hydrogen) atoms. The number of carbonyl (C=O) groups excluding carboxylic acids is 1. The van der Waals surface area contributed by atoms with Crippen molar-refractivity contribution in [1.29, 1.82) is 0 Å². The molecule has 0 heterocycles. The van der Waals surface area contributed by atoms with E-state index < -0.39 is 0 Å². The standard InChI is InChI=1S/C13H18ClNO3/c1-4-12(16)15-10-6-9(8-17-3)13(18-5-2)11(14)7-10/h6-7H,4-5,8H2,1-3H3,(H,15,16). The highest BCUT2D eigenvalue weighted by atomic mass is 35.5. The van der Waals surface area contributed by atoms with Gasteiger partial charge in [0.2, 0.25) is 5.91 Å². The third kappa shape index (κ3) is 3.89. The Balaban J connectivity index is 3.05. The Hall–Kier alpha value is -1.26.